The number of aliphatic hydroxyl groups excluding tert-OH is 1. The van der Waals surface area contributed by atoms with E-state index in [4.69, 9.17) is 5.21 Å². The van der Waals surface area contributed by atoms with Gasteiger partial charge in [-0.3, -0.25) is 0 Å². The molecule has 4 rings (SSSR count). The van der Waals surface area contributed by atoms with Crippen molar-refractivity contribution in [3.63, 3.8) is 0 Å². The number of rotatable bonds is 3. The number of oxime groups is 1. The Labute approximate surface area is 140 Å². The highest BCUT2D eigenvalue weighted by molar-refractivity contribution is 6.01. The number of aliphatic hydroxyl groups is 1. The van der Waals surface area contributed by atoms with E-state index in [0.717, 1.165) is 5.56 Å². The van der Waals surface area contributed by atoms with Crippen molar-refractivity contribution in [2.75, 3.05) is 6.61 Å². The number of nitrogens with zero attached hydrogens (tertiary/aromatic N) is 1. The zero-order chi connectivity index (χ0) is 16.5. The molecule has 0 saturated carbocycles. The van der Waals surface area contributed by atoms with Crippen LogP contribution in [0.2, 0.25) is 0 Å². The predicted octanol–water partition coefficient (Wildman–Crippen LogP) is 4.02. The summed E-state index contributed by atoms with van der Waals surface area (Å²) in [6.45, 7) is -0.287. The van der Waals surface area contributed by atoms with E-state index < -0.39 is 0 Å². The maximum atomic E-state index is 9.23. The molecule has 0 aromatic heterocycles. The van der Waals surface area contributed by atoms with Gasteiger partial charge in [-0.15, -0.1) is 0 Å². The Bertz CT molecular complexity index is 868. The molecule has 24 heavy (non-hydrogen) atoms. The lowest BCUT2D eigenvalue weighted by Crippen LogP contribution is -2.07. The molecule has 0 saturated heterocycles. The molecule has 0 atom stereocenters. The van der Waals surface area contributed by atoms with E-state index >= 15 is 0 Å². The molecule has 3 heteroatoms. The van der Waals surface area contributed by atoms with Crippen molar-refractivity contribution >= 4 is 5.71 Å². The zero-order valence-corrected chi connectivity index (χ0v) is 13.1. The third kappa shape index (κ3) is 2.22. The Kier molecular flexibility index (Phi) is 3.63. The van der Waals surface area contributed by atoms with Crippen molar-refractivity contribution in [1.29, 1.82) is 0 Å². The molecule has 0 radical (unpaired) electrons. The highest BCUT2D eigenvalue weighted by Gasteiger charge is 2.29. The van der Waals surface area contributed by atoms with Crippen LogP contribution in [0.5, 0.6) is 0 Å². The summed E-state index contributed by atoms with van der Waals surface area (Å²) in [6, 6.07) is 24.9. The number of fused-ring (bicyclic) bond motifs is 3. The van der Waals surface area contributed by atoms with Crippen molar-refractivity contribution in [2.45, 2.75) is 5.92 Å². The Morgan fingerprint density at radius 3 is 1.83 bits per heavy atom. The van der Waals surface area contributed by atoms with Gasteiger partial charge in [-0.1, -0.05) is 78.0 Å². The summed E-state index contributed by atoms with van der Waals surface area (Å²) >= 11 is 0. The normalized spacial score (nSPS) is 13.6. The molecule has 0 spiro atoms. The first-order chi connectivity index (χ1) is 11.8. The monoisotopic (exact) mass is 315 g/mol. The summed E-state index contributed by atoms with van der Waals surface area (Å²) in [5.74, 6) is 0.204. The van der Waals surface area contributed by atoms with Crippen molar-refractivity contribution in [3.05, 3.63) is 95.1 Å². The highest BCUT2D eigenvalue weighted by Crippen LogP contribution is 2.47. The third-order valence-electron chi connectivity index (χ3n) is 4.68. The fraction of sp³-hybridized carbons (Fsp3) is 0.0952. The van der Waals surface area contributed by atoms with Crippen molar-refractivity contribution in [3.8, 4) is 11.1 Å². The average molecular weight is 315 g/mol. The van der Waals surface area contributed by atoms with Gasteiger partial charge in [0.1, 0.15) is 5.71 Å². The first-order valence-corrected chi connectivity index (χ1v) is 7.94. The minimum Gasteiger partial charge on any atom is -0.411 e. The minimum absolute atomic E-state index is 0.204. The number of hydrogen-bond donors (Lipinski definition) is 2. The van der Waals surface area contributed by atoms with Gasteiger partial charge in [0.15, 0.2) is 0 Å². The molecule has 1 aliphatic carbocycles. The van der Waals surface area contributed by atoms with E-state index in [1.165, 1.54) is 27.8 Å². The lowest BCUT2D eigenvalue weighted by atomic mass is 9.89. The number of hydrogen-bond acceptors (Lipinski definition) is 3. The van der Waals surface area contributed by atoms with Gasteiger partial charge in [0.2, 0.25) is 0 Å². The summed E-state index contributed by atoms with van der Waals surface area (Å²) in [6.07, 6.45) is 0. The molecule has 118 valence electrons. The topological polar surface area (TPSA) is 52.8 Å². The van der Waals surface area contributed by atoms with E-state index in [-0.39, 0.29) is 18.2 Å². The van der Waals surface area contributed by atoms with Crippen LogP contribution in [-0.2, 0) is 0 Å². The fourth-order valence-corrected chi connectivity index (χ4v) is 3.56. The molecule has 3 aromatic carbocycles. The van der Waals surface area contributed by atoms with E-state index in [1.54, 1.807) is 0 Å². The number of benzene rings is 3. The standard InChI is InChI=1S/C21H17NO2/c23-13-20(22-24)14-9-11-15(12-10-14)21-18-7-3-1-5-16(18)17-6-2-4-8-19(17)21/h1-12,21,23-24H,13H2. The van der Waals surface area contributed by atoms with Crippen LogP contribution in [0, 0.1) is 0 Å². The van der Waals surface area contributed by atoms with Crippen molar-refractivity contribution in [2.24, 2.45) is 5.16 Å². The third-order valence-corrected chi connectivity index (χ3v) is 4.68. The van der Waals surface area contributed by atoms with Gasteiger partial charge >= 0.3 is 0 Å². The van der Waals surface area contributed by atoms with Gasteiger partial charge in [0.05, 0.1) is 6.61 Å². The highest BCUT2D eigenvalue weighted by atomic mass is 16.4. The summed E-state index contributed by atoms with van der Waals surface area (Å²) in [4.78, 5) is 0. The smallest absolute Gasteiger partial charge is 0.112 e. The van der Waals surface area contributed by atoms with Crippen LogP contribution < -0.4 is 0 Å². The second kappa shape index (κ2) is 5.95. The largest absolute Gasteiger partial charge is 0.411 e. The molecular weight excluding hydrogens is 298 g/mol. The summed E-state index contributed by atoms with van der Waals surface area (Å²) < 4.78 is 0. The molecule has 0 heterocycles. The van der Waals surface area contributed by atoms with Gasteiger partial charge in [0.25, 0.3) is 0 Å². The maximum absolute atomic E-state index is 9.23. The molecular formula is C21H17NO2. The molecule has 3 aromatic rings. The van der Waals surface area contributed by atoms with E-state index in [2.05, 4.69) is 53.7 Å². The Morgan fingerprint density at radius 2 is 1.33 bits per heavy atom. The molecule has 0 aliphatic heterocycles. The Hall–Kier alpha value is -2.91. The van der Waals surface area contributed by atoms with Crippen LogP contribution in [0.4, 0.5) is 0 Å². The Balaban J connectivity index is 1.82. The molecule has 0 bridgehead atoms. The first kappa shape index (κ1) is 14.7. The fourth-order valence-electron chi connectivity index (χ4n) is 3.56. The molecule has 0 fully saturated rings. The van der Waals surface area contributed by atoms with Crippen LogP contribution in [-0.4, -0.2) is 22.6 Å². The maximum Gasteiger partial charge on any atom is 0.112 e. The molecule has 2 N–H and O–H groups in total. The van der Waals surface area contributed by atoms with Crippen LogP contribution in [0.25, 0.3) is 11.1 Å². The van der Waals surface area contributed by atoms with E-state index in [9.17, 15) is 5.11 Å². The Morgan fingerprint density at radius 1 is 0.792 bits per heavy atom. The van der Waals surface area contributed by atoms with Gasteiger partial charge in [-0.05, 0) is 27.8 Å². The zero-order valence-electron chi connectivity index (χ0n) is 13.1. The van der Waals surface area contributed by atoms with E-state index in [1.807, 2.05) is 24.3 Å². The molecule has 3 nitrogen and oxygen atoms in total. The summed E-state index contributed by atoms with van der Waals surface area (Å²) in [7, 11) is 0. The SMILES string of the molecule is OCC(=NO)c1ccc(C2c3ccccc3-c3ccccc32)cc1. The quantitative estimate of drug-likeness (QED) is 0.341. The van der Waals surface area contributed by atoms with Gasteiger partial charge < -0.3 is 10.3 Å². The first-order valence-electron chi connectivity index (χ1n) is 7.94. The van der Waals surface area contributed by atoms with Crippen LogP contribution >= 0.6 is 0 Å². The van der Waals surface area contributed by atoms with E-state index in [0.29, 0.717) is 0 Å². The second-order valence-electron chi connectivity index (χ2n) is 5.93. The van der Waals surface area contributed by atoms with Crippen molar-refractivity contribution < 1.29 is 10.3 Å². The summed E-state index contributed by atoms with van der Waals surface area (Å²) in [5, 5.41) is 21.3. The molecule has 1 aliphatic rings. The van der Waals surface area contributed by atoms with Crippen LogP contribution in [0.3, 0.4) is 0 Å². The van der Waals surface area contributed by atoms with Gasteiger partial charge in [0, 0.05) is 11.5 Å². The van der Waals surface area contributed by atoms with Gasteiger partial charge in [-0.25, -0.2) is 0 Å². The van der Waals surface area contributed by atoms with Crippen molar-refractivity contribution in [1.82, 2.24) is 0 Å². The lowest BCUT2D eigenvalue weighted by Gasteiger charge is -2.15. The second-order valence-corrected chi connectivity index (χ2v) is 5.93. The molecule has 0 unspecified atom stereocenters. The average Bonchev–Trinajstić information content (AvgIpc) is 2.98. The summed E-state index contributed by atoms with van der Waals surface area (Å²) in [5.41, 5.74) is 7.38. The lowest BCUT2D eigenvalue weighted by molar-refractivity contribution is 0.304. The minimum atomic E-state index is -0.287. The predicted molar refractivity (Wildman–Crippen MR) is 94.7 cm³/mol. The molecule has 0 amide bonds. The van der Waals surface area contributed by atoms with Gasteiger partial charge in [-0.2, -0.15) is 0 Å². The van der Waals surface area contributed by atoms with Crippen LogP contribution in [0.15, 0.2) is 78.0 Å². The van der Waals surface area contributed by atoms with Crippen LogP contribution in [0.1, 0.15) is 28.2 Å².